The molecule has 0 N–H and O–H groups in total. The van der Waals surface area contributed by atoms with E-state index in [2.05, 4.69) is 37.0 Å². The summed E-state index contributed by atoms with van der Waals surface area (Å²) in [5.74, 6) is -0.251. The lowest BCUT2D eigenvalue weighted by molar-refractivity contribution is 0.611. The summed E-state index contributed by atoms with van der Waals surface area (Å²) in [5, 5.41) is 4.11. The Morgan fingerprint density at radius 1 is 1.33 bits per heavy atom. The molecule has 78 valence electrons. The highest BCUT2D eigenvalue weighted by atomic mass is 79.9. The van der Waals surface area contributed by atoms with Gasteiger partial charge >= 0.3 is 0 Å². The van der Waals surface area contributed by atoms with Crippen LogP contribution in [0.1, 0.15) is 5.56 Å². The van der Waals surface area contributed by atoms with Crippen LogP contribution in [0.2, 0.25) is 0 Å². The Balaban J connectivity index is 2.28. The van der Waals surface area contributed by atoms with Gasteiger partial charge in [-0.25, -0.2) is 4.39 Å². The zero-order valence-electron chi connectivity index (χ0n) is 7.62. The fraction of sp³-hybridized carbons (Fsp3) is 0.100. The summed E-state index contributed by atoms with van der Waals surface area (Å²) in [6, 6.07) is 4.98. The summed E-state index contributed by atoms with van der Waals surface area (Å²) in [6.45, 7) is 0.546. The average Bonchev–Trinajstić information content (AvgIpc) is 2.59. The maximum absolute atomic E-state index is 13.2. The van der Waals surface area contributed by atoms with Gasteiger partial charge < -0.3 is 0 Å². The molecular formula is C10H7Br2FN2. The molecule has 1 aromatic carbocycles. The van der Waals surface area contributed by atoms with Crippen LogP contribution in [-0.2, 0) is 6.54 Å². The SMILES string of the molecule is Fc1cccc(Cn2cc(Br)cn2)c1Br. The Kier molecular flexibility index (Phi) is 3.21. The first-order valence-corrected chi connectivity index (χ1v) is 5.86. The van der Waals surface area contributed by atoms with Crippen molar-refractivity contribution in [2.45, 2.75) is 6.54 Å². The molecule has 0 aliphatic heterocycles. The second kappa shape index (κ2) is 4.45. The minimum absolute atomic E-state index is 0.251. The largest absolute Gasteiger partial charge is 0.267 e. The first-order chi connectivity index (χ1) is 7.16. The van der Waals surface area contributed by atoms with E-state index in [0.717, 1.165) is 10.0 Å². The number of nitrogens with zero attached hydrogens (tertiary/aromatic N) is 2. The number of benzene rings is 1. The highest BCUT2D eigenvalue weighted by Crippen LogP contribution is 2.21. The Morgan fingerprint density at radius 2 is 2.13 bits per heavy atom. The summed E-state index contributed by atoms with van der Waals surface area (Å²) in [4.78, 5) is 0. The van der Waals surface area contributed by atoms with Gasteiger partial charge in [-0.3, -0.25) is 4.68 Å². The molecule has 1 heterocycles. The van der Waals surface area contributed by atoms with Gasteiger partial charge in [0.25, 0.3) is 0 Å². The second-order valence-corrected chi connectivity index (χ2v) is 4.78. The predicted octanol–water partition coefficient (Wildman–Crippen LogP) is 3.60. The molecule has 0 atom stereocenters. The van der Waals surface area contributed by atoms with Gasteiger partial charge in [0.15, 0.2) is 0 Å². The molecule has 0 fully saturated rings. The van der Waals surface area contributed by atoms with Crippen LogP contribution in [0.3, 0.4) is 0 Å². The number of hydrogen-bond acceptors (Lipinski definition) is 1. The van der Waals surface area contributed by atoms with Crippen LogP contribution >= 0.6 is 31.9 Å². The summed E-state index contributed by atoms with van der Waals surface area (Å²) < 4.78 is 16.3. The van der Waals surface area contributed by atoms with Gasteiger partial charge in [-0.2, -0.15) is 5.10 Å². The second-order valence-electron chi connectivity index (χ2n) is 3.07. The molecule has 2 nitrogen and oxygen atoms in total. The third kappa shape index (κ3) is 2.46. The predicted molar refractivity (Wildman–Crippen MR) is 63.1 cm³/mol. The summed E-state index contributed by atoms with van der Waals surface area (Å²) in [5.41, 5.74) is 0.866. The van der Waals surface area contributed by atoms with Crippen LogP contribution in [0.5, 0.6) is 0 Å². The normalized spacial score (nSPS) is 10.6. The van der Waals surface area contributed by atoms with Gasteiger partial charge in [0.2, 0.25) is 0 Å². The van der Waals surface area contributed by atoms with Crippen LogP contribution in [0.4, 0.5) is 4.39 Å². The average molecular weight is 334 g/mol. The van der Waals surface area contributed by atoms with Gasteiger partial charge in [0, 0.05) is 6.20 Å². The number of rotatable bonds is 2. The summed E-state index contributed by atoms with van der Waals surface area (Å²) in [7, 11) is 0. The molecule has 0 saturated heterocycles. The van der Waals surface area contributed by atoms with E-state index in [0.29, 0.717) is 11.0 Å². The highest BCUT2D eigenvalue weighted by Gasteiger charge is 2.05. The molecule has 5 heteroatoms. The van der Waals surface area contributed by atoms with Crippen molar-refractivity contribution in [3.05, 3.63) is 50.9 Å². The topological polar surface area (TPSA) is 17.8 Å². The third-order valence-electron chi connectivity index (χ3n) is 1.97. The zero-order valence-corrected chi connectivity index (χ0v) is 10.8. The van der Waals surface area contributed by atoms with Crippen molar-refractivity contribution in [3.63, 3.8) is 0 Å². The zero-order chi connectivity index (χ0) is 10.8. The number of hydrogen-bond donors (Lipinski definition) is 0. The van der Waals surface area contributed by atoms with Crippen LogP contribution in [0.25, 0.3) is 0 Å². The molecule has 0 aliphatic carbocycles. The molecule has 0 aliphatic rings. The Morgan fingerprint density at radius 3 is 2.80 bits per heavy atom. The maximum Gasteiger partial charge on any atom is 0.137 e. The molecule has 0 bridgehead atoms. The molecule has 1 aromatic heterocycles. The highest BCUT2D eigenvalue weighted by molar-refractivity contribution is 9.10. The van der Waals surface area contributed by atoms with Crippen molar-refractivity contribution in [2.24, 2.45) is 0 Å². The fourth-order valence-electron chi connectivity index (χ4n) is 1.27. The van der Waals surface area contributed by atoms with Gasteiger partial charge in [-0.05, 0) is 43.5 Å². The van der Waals surface area contributed by atoms with Crippen LogP contribution in [0, 0.1) is 5.82 Å². The molecule has 0 unspecified atom stereocenters. The molecule has 0 amide bonds. The molecule has 0 spiro atoms. The summed E-state index contributed by atoms with van der Waals surface area (Å²) >= 11 is 6.53. The fourth-order valence-corrected chi connectivity index (χ4v) is 1.99. The molecule has 0 radical (unpaired) electrons. The molecule has 2 rings (SSSR count). The van der Waals surface area contributed by atoms with Crippen molar-refractivity contribution in [3.8, 4) is 0 Å². The lowest BCUT2D eigenvalue weighted by Crippen LogP contribution is -2.01. The third-order valence-corrected chi connectivity index (χ3v) is 3.26. The Hall–Kier alpha value is -0.680. The molecule has 15 heavy (non-hydrogen) atoms. The van der Waals surface area contributed by atoms with Crippen molar-refractivity contribution in [1.29, 1.82) is 0 Å². The monoisotopic (exact) mass is 332 g/mol. The van der Waals surface area contributed by atoms with Crippen LogP contribution < -0.4 is 0 Å². The quantitative estimate of drug-likeness (QED) is 0.821. The van der Waals surface area contributed by atoms with Crippen LogP contribution in [-0.4, -0.2) is 9.78 Å². The van der Waals surface area contributed by atoms with Crippen LogP contribution in [0.15, 0.2) is 39.5 Å². The first-order valence-electron chi connectivity index (χ1n) is 4.27. The maximum atomic E-state index is 13.2. The van der Waals surface area contributed by atoms with Gasteiger partial charge in [0.05, 0.1) is 21.7 Å². The standard InChI is InChI=1S/C10H7Br2FN2/c11-8-4-14-15(6-8)5-7-2-1-3-9(13)10(7)12/h1-4,6H,5H2. The van der Waals surface area contributed by atoms with Crippen molar-refractivity contribution in [1.82, 2.24) is 9.78 Å². The molecular weight excluding hydrogens is 327 g/mol. The Bertz CT molecular complexity index is 482. The molecule has 0 saturated carbocycles. The van der Waals surface area contributed by atoms with E-state index >= 15 is 0 Å². The molecule has 2 aromatic rings. The van der Waals surface area contributed by atoms with Gasteiger partial charge in [0.1, 0.15) is 5.82 Å². The van der Waals surface area contributed by atoms with Gasteiger partial charge in [-0.1, -0.05) is 12.1 Å². The van der Waals surface area contributed by atoms with E-state index < -0.39 is 0 Å². The lowest BCUT2D eigenvalue weighted by Gasteiger charge is -2.05. The first kappa shape index (κ1) is 10.8. The van der Waals surface area contributed by atoms with E-state index in [1.165, 1.54) is 6.07 Å². The van der Waals surface area contributed by atoms with Crippen molar-refractivity contribution >= 4 is 31.9 Å². The smallest absolute Gasteiger partial charge is 0.137 e. The lowest BCUT2D eigenvalue weighted by atomic mass is 10.2. The number of aromatic nitrogens is 2. The minimum Gasteiger partial charge on any atom is -0.267 e. The van der Waals surface area contributed by atoms with E-state index in [1.807, 2.05) is 12.3 Å². The minimum atomic E-state index is -0.251. The van der Waals surface area contributed by atoms with E-state index in [9.17, 15) is 4.39 Å². The van der Waals surface area contributed by atoms with E-state index in [1.54, 1.807) is 16.9 Å². The Labute approximate surface area is 103 Å². The van der Waals surface area contributed by atoms with E-state index in [4.69, 9.17) is 0 Å². The van der Waals surface area contributed by atoms with Gasteiger partial charge in [-0.15, -0.1) is 0 Å². The van der Waals surface area contributed by atoms with E-state index in [-0.39, 0.29) is 5.82 Å². The van der Waals surface area contributed by atoms with Crippen molar-refractivity contribution in [2.75, 3.05) is 0 Å². The summed E-state index contributed by atoms with van der Waals surface area (Å²) in [6.07, 6.45) is 3.55. The van der Waals surface area contributed by atoms with Crippen molar-refractivity contribution < 1.29 is 4.39 Å². The number of halogens is 3.